The second-order valence-electron chi connectivity index (χ2n) is 4.91. The Morgan fingerprint density at radius 3 is 2.67 bits per heavy atom. The maximum absolute atomic E-state index is 3.47. The van der Waals surface area contributed by atoms with Crippen molar-refractivity contribution in [1.29, 1.82) is 0 Å². The van der Waals surface area contributed by atoms with Crippen molar-refractivity contribution in [1.82, 2.24) is 4.57 Å². The summed E-state index contributed by atoms with van der Waals surface area (Å²) in [4.78, 5) is 0. The molecule has 1 N–H and O–H groups in total. The Bertz CT molecular complexity index is 512. The molecule has 0 radical (unpaired) electrons. The maximum Gasteiger partial charge on any atom is 0.0415 e. The highest BCUT2D eigenvalue weighted by molar-refractivity contribution is 5.48. The zero-order chi connectivity index (χ0) is 13.0. The Morgan fingerprint density at radius 2 is 1.94 bits per heavy atom. The Kier molecular flexibility index (Phi) is 4.08. The largest absolute Gasteiger partial charge is 0.381 e. The van der Waals surface area contributed by atoms with Crippen molar-refractivity contribution < 1.29 is 0 Å². The van der Waals surface area contributed by atoms with Crippen molar-refractivity contribution in [3.8, 4) is 0 Å². The minimum Gasteiger partial charge on any atom is -0.381 e. The Balaban J connectivity index is 1.95. The molecular formula is C16H22N2. The van der Waals surface area contributed by atoms with Crippen LogP contribution in [0.5, 0.6) is 0 Å². The summed E-state index contributed by atoms with van der Waals surface area (Å²) in [5.41, 5.74) is 5.21. The zero-order valence-corrected chi connectivity index (χ0v) is 11.5. The quantitative estimate of drug-likeness (QED) is 0.834. The zero-order valence-electron chi connectivity index (χ0n) is 11.5. The maximum atomic E-state index is 3.47. The first-order valence-electron chi connectivity index (χ1n) is 6.65. The summed E-state index contributed by atoms with van der Waals surface area (Å²) in [5.74, 6) is 0. The van der Waals surface area contributed by atoms with Crippen LogP contribution in [0, 0.1) is 13.8 Å². The van der Waals surface area contributed by atoms with Crippen LogP contribution < -0.4 is 5.32 Å². The Hall–Kier alpha value is -1.70. The van der Waals surface area contributed by atoms with Crippen LogP contribution in [-0.4, -0.2) is 4.57 Å². The lowest BCUT2D eigenvalue weighted by Crippen LogP contribution is -1.99. The summed E-state index contributed by atoms with van der Waals surface area (Å²) in [6, 6.07) is 8.70. The summed E-state index contributed by atoms with van der Waals surface area (Å²) in [6.45, 7) is 8.48. The van der Waals surface area contributed by atoms with Crippen molar-refractivity contribution in [2.24, 2.45) is 0 Å². The van der Waals surface area contributed by atoms with Gasteiger partial charge in [-0.05, 0) is 55.2 Å². The number of aromatic nitrogens is 1. The molecule has 1 aromatic heterocycles. The van der Waals surface area contributed by atoms with Crippen molar-refractivity contribution in [3.63, 3.8) is 0 Å². The number of hydrogen-bond donors (Lipinski definition) is 1. The predicted octanol–water partition coefficient (Wildman–Crippen LogP) is 4.13. The summed E-state index contributed by atoms with van der Waals surface area (Å²) in [6.07, 6.45) is 5.55. The number of nitrogens with zero attached hydrogens (tertiary/aromatic N) is 1. The molecule has 0 saturated carbocycles. The van der Waals surface area contributed by atoms with E-state index in [9.17, 15) is 0 Å². The summed E-state index contributed by atoms with van der Waals surface area (Å²) in [5, 5.41) is 3.47. The van der Waals surface area contributed by atoms with Gasteiger partial charge in [0.25, 0.3) is 0 Å². The average Bonchev–Trinajstić information content (AvgIpc) is 2.79. The third-order valence-corrected chi connectivity index (χ3v) is 3.30. The first kappa shape index (κ1) is 12.7. The standard InChI is InChI=1S/C16H22N2/c1-4-8-18-9-7-15(12-18)11-17-16-6-5-13(2)14(3)10-16/h5-7,9-10,12,17H,4,8,11H2,1-3H3. The lowest BCUT2D eigenvalue weighted by Gasteiger charge is -2.07. The molecule has 2 rings (SSSR count). The number of nitrogens with one attached hydrogen (secondary N) is 1. The summed E-state index contributed by atoms with van der Waals surface area (Å²) >= 11 is 0. The van der Waals surface area contributed by atoms with Gasteiger partial charge in [-0.2, -0.15) is 0 Å². The number of benzene rings is 1. The molecule has 0 bridgehead atoms. The van der Waals surface area contributed by atoms with Crippen molar-refractivity contribution in [2.45, 2.75) is 40.3 Å². The minimum absolute atomic E-state index is 0.888. The second kappa shape index (κ2) is 5.76. The molecule has 96 valence electrons. The third-order valence-electron chi connectivity index (χ3n) is 3.30. The van der Waals surface area contributed by atoms with E-state index in [2.05, 4.69) is 67.3 Å². The van der Waals surface area contributed by atoms with Gasteiger partial charge < -0.3 is 9.88 Å². The predicted molar refractivity (Wildman–Crippen MR) is 78.0 cm³/mol. The highest BCUT2D eigenvalue weighted by Crippen LogP contribution is 2.15. The van der Waals surface area contributed by atoms with E-state index in [1.54, 1.807) is 0 Å². The van der Waals surface area contributed by atoms with Crippen LogP contribution in [0.2, 0.25) is 0 Å². The van der Waals surface area contributed by atoms with Crippen LogP contribution in [0.3, 0.4) is 0 Å². The monoisotopic (exact) mass is 242 g/mol. The van der Waals surface area contributed by atoms with Crippen LogP contribution in [0.1, 0.15) is 30.0 Å². The van der Waals surface area contributed by atoms with E-state index in [1.165, 1.54) is 28.8 Å². The fraction of sp³-hybridized carbons (Fsp3) is 0.375. The van der Waals surface area contributed by atoms with E-state index >= 15 is 0 Å². The van der Waals surface area contributed by atoms with Gasteiger partial charge in [0.05, 0.1) is 0 Å². The van der Waals surface area contributed by atoms with Gasteiger partial charge in [0.1, 0.15) is 0 Å². The molecule has 18 heavy (non-hydrogen) atoms. The van der Waals surface area contributed by atoms with Gasteiger partial charge in [0.2, 0.25) is 0 Å². The van der Waals surface area contributed by atoms with E-state index in [4.69, 9.17) is 0 Å². The molecule has 1 heterocycles. The van der Waals surface area contributed by atoms with E-state index in [0.29, 0.717) is 0 Å². The van der Waals surface area contributed by atoms with Crippen LogP contribution in [0.25, 0.3) is 0 Å². The van der Waals surface area contributed by atoms with E-state index in [1.807, 2.05) is 0 Å². The SMILES string of the molecule is CCCn1ccc(CNc2ccc(C)c(C)c2)c1. The van der Waals surface area contributed by atoms with Crippen molar-refractivity contribution in [3.05, 3.63) is 53.3 Å². The Labute approximate surface area is 110 Å². The minimum atomic E-state index is 0.888. The van der Waals surface area contributed by atoms with Gasteiger partial charge in [-0.15, -0.1) is 0 Å². The summed E-state index contributed by atoms with van der Waals surface area (Å²) < 4.78 is 2.25. The molecule has 0 aliphatic rings. The first-order valence-corrected chi connectivity index (χ1v) is 6.65. The molecule has 0 fully saturated rings. The smallest absolute Gasteiger partial charge is 0.0415 e. The number of rotatable bonds is 5. The van der Waals surface area contributed by atoms with Gasteiger partial charge in [0.15, 0.2) is 0 Å². The molecular weight excluding hydrogens is 220 g/mol. The molecule has 0 spiro atoms. The summed E-state index contributed by atoms with van der Waals surface area (Å²) in [7, 11) is 0. The topological polar surface area (TPSA) is 17.0 Å². The lowest BCUT2D eigenvalue weighted by molar-refractivity contribution is 0.682. The molecule has 0 saturated heterocycles. The number of anilines is 1. The molecule has 0 unspecified atom stereocenters. The van der Waals surface area contributed by atoms with Crippen molar-refractivity contribution in [2.75, 3.05) is 5.32 Å². The van der Waals surface area contributed by atoms with Gasteiger partial charge in [-0.1, -0.05) is 13.0 Å². The number of aryl methyl sites for hydroxylation is 3. The van der Waals surface area contributed by atoms with Crippen LogP contribution in [-0.2, 0) is 13.1 Å². The van der Waals surface area contributed by atoms with Gasteiger partial charge in [-0.3, -0.25) is 0 Å². The van der Waals surface area contributed by atoms with Crippen LogP contribution >= 0.6 is 0 Å². The Morgan fingerprint density at radius 1 is 1.11 bits per heavy atom. The van der Waals surface area contributed by atoms with Crippen LogP contribution in [0.4, 0.5) is 5.69 Å². The van der Waals surface area contributed by atoms with E-state index in [-0.39, 0.29) is 0 Å². The van der Waals surface area contributed by atoms with Gasteiger partial charge in [-0.25, -0.2) is 0 Å². The van der Waals surface area contributed by atoms with Gasteiger partial charge in [0, 0.05) is 31.2 Å². The third kappa shape index (κ3) is 3.16. The molecule has 0 aliphatic heterocycles. The number of hydrogen-bond acceptors (Lipinski definition) is 1. The molecule has 0 atom stereocenters. The van der Waals surface area contributed by atoms with Crippen molar-refractivity contribution >= 4 is 5.69 Å². The molecule has 2 nitrogen and oxygen atoms in total. The van der Waals surface area contributed by atoms with E-state index in [0.717, 1.165) is 13.1 Å². The van der Waals surface area contributed by atoms with Crippen LogP contribution in [0.15, 0.2) is 36.7 Å². The fourth-order valence-corrected chi connectivity index (χ4v) is 2.05. The lowest BCUT2D eigenvalue weighted by atomic mass is 10.1. The van der Waals surface area contributed by atoms with Gasteiger partial charge >= 0.3 is 0 Å². The molecule has 2 heteroatoms. The average molecular weight is 242 g/mol. The highest BCUT2D eigenvalue weighted by Gasteiger charge is 1.98. The van der Waals surface area contributed by atoms with E-state index < -0.39 is 0 Å². The molecule has 0 amide bonds. The fourth-order valence-electron chi connectivity index (χ4n) is 2.05. The highest BCUT2D eigenvalue weighted by atomic mass is 14.9. The molecule has 2 aromatic rings. The molecule has 1 aromatic carbocycles. The normalized spacial score (nSPS) is 10.6. The molecule has 0 aliphatic carbocycles. The second-order valence-corrected chi connectivity index (χ2v) is 4.91. The first-order chi connectivity index (χ1) is 8.69.